The van der Waals surface area contributed by atoms with Crippen LogP contribution in [-0.2, 0) is 9.59 Å². The van der Waals surface area contributed by atoms with E-state index in [1.165, 1.54) is 0 Å². The molecule has 2 aliphatic heterocycles. The Balaban J connectivity index is 2.16. The van der Waals surface area contributed by atoms with Gasteiger partial charge in [-0.3, -0.25) is 9.59 Å². The summed E-state index contributed by atoms with van der Waals surface area (Å²) in [4.78, 5) is 27.2. The molecule has 2 fully saturated rings. The van der Waals surface area contributed by atoms with Crippen molar-refractivity contribution >= 4 is 11.8 Å². The van der Waals surface area contributed by atoms with Gasteiger partial charge in [0.2, 0.25) is 11.8 Å². The van der Waals surface area contributed by atoms with Crippen molar-refractivity contribution in [3.8, 4) is 0 Å². The molecule has 6 heteroatoms. The third-order valence-corrected chi connectivity index (χ3v) is 3.39. The Labute approximate surface area is 94.2 Å². The van der Waals surface area contributed by atoms with Crippen LogP contribution in [-0.4, -0.2) is 72.1 Å². The van der Waals surface area contributed by atoms with Crippen molar-refractivity contribution < 1.29 is 14.7 Å². The minimum atomic E-state index is -0.760. The second kappa shape index (κ2) is 4.03. The second-order valence-corrected chi connectivity index (χ2v) is 4.60. The molecule has 0 spiro atoms. The molecule has 0 radical (unpaired) electrons. The number of hydrogen-bond donors (Lipinski definition) is 2. The van der Waals surface area contributed by atoms with Crippen LogP contribution in [0.25, 0.3) is 0 Å². The van der Waals surface area contributed by atoms with Gasteiger partial charge in [-0.15, -0.1) is 0 Å². The van der Waals surface area contributed by atoms with Crippen LogP contribution in [0.3, 0.4) is 0 Å². The van der Waals surface area contributed by atoms with Crippen molar-refractivity contribution in [3.63, 3.8) is 0 Å². The van der Waals surface area contributed by atoms with E-state index < -0.39 is 6.04 Å². The molecule has 2 saturated heterocycles. The first-order valence-electron chi connectivity index (χ1n) is 5.42. The molecule has 0 aliphatic carbocycles. The van der Waals surface area contributed by atoms with Gasteiger partial charge in [0, 0.05) is 12.6 Å². The number of hydrogen-bond acceptors (Lipinski definition) is 4. The predicted molar refractivity (Wildman–Crippen MR) is 56.6 cm³/mol. The highest BCUT2D eigenvalue weighted by molar-refractivity contribution is 5.97. The van der Waals surface area contributed by atoms with Gasteiger partial charge in [0.15, 0.2) is 0 Å². The highest BCUT2D eigenvalue weighted by atomic mass is 16.3. The van der Waals surface area contributed by atoms with E-state index in [1.807, 2.05) is 19.0 Å². The average molecular weight is 227 g/mol. The van der Waals surface area contributed by atoms with Crippen LogP contribution >= 0.6 is 0 Å². The Morgan fingerprint density at radius 1 is 1.50 bits per heavy atom. The summed E-state index contributed by atoms with van der Waals surface area (Å²) in [5.41, 5.74) is 0. The molecule has 0 aromatic rings. The fraction of sp³-hybridized carbons (Fsp3) is 0.800. The number of aliphatic hydroxyl groups excluding tert-OH is 1. The fourth-order valence-electron chi connectivity index (χ4n) is 2.33. The summed E-state index contributed by atoms with van der Waals surface area (Å²) >= 11 is 0. The summed E-state index contributed by atoms with van der Waals surface area (Å²) in [6.07, 6.45) is 0.669. The first-order chi connectivity index (χ1) is 7.54. The lowest BCUT2D eigenvalue weighted by Gasteiger charge is -2.33. The van der Waals surface area contributed by atoms with Crippen molar-refractivity contribution in [2.45, 2.75) is 24.5 Å². The van der Waals surface area contributed by atoms with Crippen molar-refractivity contribution in [2.75, 3.05) is 27.2 Å². The summed E-state index contributed by atoms with van der Waals surface area (Å²) < 4.78 is 0. The first kappa shape index (κ1) is 11.3. The molecule has 0 aromatic heterocycles. The van der Waals surface area contributed by atoms with Crippen LogP contribution in [0.1, 0.15) is 6.42 Å². The van der Waals surface area contributed by atoms with Gasteiger partial charge in [-0.2, -0.15) is 0 Å². The van der Waals surface area contributed by atoms with Gasteiger partial charge >= 0.3 is 0 Å². The summed E-state index contributed by atoms with van der Waals surface area (Å²) in [6, 6.07) is -0.899. The summed E-state index contributed by atoms with van der Waals surface area (Å²) in [5.74, 6) is -0.320. The molecule has 90 valence electrons. The van der Waals surface area contributed by atoms with Crippen molar-refractivity contribution in [1.29, 1.82) is 0 Å². The number of rotatable bonds is 2. The SMILES string of the molecule is CN(C)[C@@H]1C[C@H]2C(=O)N[C@@H](CO)C(=O)N2C1. The van der Waals surface area contributed by atoms with E-state index in [0.717, 1.165) is 0 Å². The number of piperazine rings is 1. The smallest absolute Gasteiger partial charge is 0.248 e. The topological polar surface area (TPSA) is 72.9 Å². The molecule has 0 bridgehead atoms. The van der Waals surface area contributed by atoms with Crippen LogP contribution in [0.4, 0.5) is 0 Å². The third kappa shape index (κ3) is 1.68. The number of aliphatic hydroxyl groups is 1. The highest BCUT2D eigenvalue weighted by Gasteiger charge is 2.46. The Morgan fingerprint density at radius 2 is 2.19 bits per heavy atom. The number of carbonyl (C=O) groups is 2. The molecule has 2 rings (SSSR count). The van der Waals surface area contributed by atoms with Crippen LogP contribution in [0.2, 0.25) is 0 Å². The van der Waals surface area contributed by atoms with E-state index in [2.05, 4.69) is 5.32 Å². The van der Waals surface area contributed by atoms with Gasteiger partial charge in [-0.25, -0.2) is 0 Å². The van der Waals surface area contributed by atoms with E-state index in [0.29, 0.717) is 13.0 Å². The number of fused-ring (bicyclic) bond motifs is 1. The average Bonchev–Trinajstić information content (AvgIpc) is 2.68. The van der Waals surface area contributed by atoms with E-state index in [-0.39, 0.29) is 30.5 Å². The summed E-state index contributed by atoms with van der Waals surface area (Å²) in [5, 5.41) is 11.5. The first-order valence-corrected chi connectivity index (χ1v) is 5.42. The van der Waals surface area contributed by atoms with Gasteiger partial charge in [0.05, 0.1) is 6.61 Å². The Kier molecular flexibility index (Phi) is 2.86. The van der Waals surface area contributed by atoms with Crippen LogP contribution in [0, 0.1) is 0 Å². The molecule has 3 atom stereocenters. The standard InChI is InChI=1S/C10H17N3O3/c1-12(2)6-3-8-9(15)11-7(5-14)10(16)13(8)4-6/h6-8,14H,3-5H2,1-2H3,(H,11,15)/t6-,7+,8+/m1/s1. The third-order valence-electron chi connectivity index (χ3n) is 3.39. The molecular weight excluding hydrogens is 210 g/mol. The summed E-state index contributed by atoms with van der Waals surface area (Å²) in [6.45, 7) is 0.237. The normalized spacial score (nSPS) is 34.2. The molecule has 0 aromatic carbocycles. The van der Waals surface area contributed by atoms with Crippen molar-refractivity contribution in [3.05, 3.63) is 0 Å². The molecule has 0 saturated carbocycles. The minimum Gasteiger partial charge on any atom is -0.394 e. The minimum absolute atomic E-state index is 0.150. The largest absolute Gasteiger partial charge is 0.394 e. The molecule has 16 heavy (non-hydrogen) atoms. The van der Waals surface area contributed by atoms with Crippen LogP contribution in [0.5, 0.6) is 0 Å². The number of nitrogens with zero attached hydrogens (tertiary/aromatic N) is 2. The summed E-state index contributed by atoms with van der Waals surface area (Å²) in [7, 11) is 3.88. The van der Waals surface area contributed by atoms with Crippen molar-refractivity contribution in [1.82, 2.24) is 15.1 Å². The van der Waals surface area contributed by atoms with Gasteiger partial charge in [-0.05, 0) is 20.5 Å². The van der Waals surface area contributed by atoms with Gasteiger partial charge in [0.25, 0.3) is 0 Å². The fourth-order valence-corrected chi connectivity index (χ4v) is 2.33. The lowest BCUT2D eigenvalue weighted by molar-refractivity contribution is -0.148. The Morgan fingerprint density at radius 3 is 2.75 bits per heavy atom. The van der Waals surface area contributed by atoms with E-state index in [9.17, 15) is 9.59 Å². The number of likely N-dealkylation sites (N-methyl/N-ethyl adjacent to an activating group) is 1. The number of amides is 2. The molecule has 2 heterocycles. The maximum absolute atomic E-state index is 11.9. The molecule has 0 unspecified atom stereocenters. The Bertz CT molecular complexity index is 318. The predicted octanol–water partition coefficient (Wildman–Crippen LogP) is -1.99. The lowest BCUT2D eigenvalue weighted by Crippen LogP contribution is -2.62. The Hall–Kier alpha value is -1.14. The molecule has 2 aliphatic rings. The second-order valence-electron chi connectivity index (χ2n) is 4.60. The quantitative estimate of drug-likeness (QED) is 0.573. The zero-order valence-corrected chi connectivity index (χ0v) is 9.51. The number of carbonyl (C=O) groups excluding carboxylic acids is 2. The number of nitrogens with one attached hydrogen (secondary N) is 1. The maximum atomic E-state index is 11.9. The lowest BCUT2D eigenvalue weighted by atomic mass is 10.1. The van der Waals surface area contributed by atoms with Crippen molar-refractivity contribution in [2.24, 2.45) is 0 Å². The highest BCUT2D eigenvalue weighted by Crippen LogP contribution is 2.24. The zero-order valence-electron chi connectivity index (χ0n) is 9.51. The van der Waals surface area contributed by atoms with E-state index in [4.69, 9.17) is 5.11 Å². The molecule has 6 nitrogen and oxygen atoms in total. The van der Waals surface area contributed by atoms with Gasteiger partial charge in [0.1, 0.15) is 12.1 Å². The molecule has 2 N–H and O–H groups in total. The van der Waals surface area contributed by atoms with Gasteiger partial charge < -0.3 is 20.2 Å². The van der Waals surface area contributed by atoms with Crippen LogP contribution in [0.15, 0.2) is 0 Å². The molecular formula is C10H17N3O3. The molecule has 2 amide bonds. The monoisotopic (exact) mass is 227 g/mol. The van der Waals surface area contributed by atoms with E-state index >= 15 is 0 Å². The van der Waals surface area contributed by atoms with Gasteiger partial charge in [-0.1, -0.05) is 0 Å². The maximum Gasteiger partial charge on any atom is 0.248 e. The zero-order chi connectivity index (χ0) is 11.9. The van der Waals surface area contributed by atoms with Crippen LogP contribution < -0.4 is 5.32 Å². The van der Waals surface area contributed by atoms with E-state index in [1.54, 1.807) is 4.90 Å².